The lowest BCUT2D eigenvalue weighted by Crippen LogP contribution is -2.34. The zero-order valence-electron chi connectivity index (χ0n) is 35.8. The van der Waals surface area contributed by atoms with Gasteiger partial charge in [-0.1, -0.05) is 42.5 Å². The summed E-state index contributed by atoms with van der Waals surface area (Å²) in [5.74, 6) is 0.211. The van der Waals surface area contributed by atoms with Crippen molar-refractivity contribution in [3.8, 4) is 11.5 Å². The topological polar surface area (TPSA) is 183 Å². The molecule has 1 heterocycles. The van der Waals surface area contributed by atoms with Crippen LogP contribution in [0.2, 0.25) is 0 Å². The lowest BCUT2D eigenvalue weighted by atomic mass is 10.1. The van der Waals surface area contributed by atoms with Crippen molar-refractivity contribution in [1.82, 2.24) is 15.6 Å². The van der Waals surface area contributed by atoms with Gasteiger partial charge in [0.25, 0.3) is 5.91 Å². The van der Waals surface area contributed by atoms with Crippen LogP contribution in [0.5, 0.6) is 0 Å². The van der Waals surface area contributed by atoms with Crippen molar-refractivity contribution in [2.75, 3.05) is 85.8 Å². The third-order valence-electron chi connectivity index (χ3n) is 8.72. The summed E-state index contributed by atoms with van der Waals surface area (Å²) in [5, 5.41) is 5.53. The summed E-state index contributed by atoms with van der Waals surface area (Å²) < 4.78 is 70.7. The van der Waals surface area contributed by atoms with Gasteiger partial charge in [-0.3, -0.25) is 4.79 Å². The fraction of sp³-hybridized carbons (Fsp3) is 0.489. The number of hydrogen-bond donors (Lipinski definition) is 2. The van der Waals surface area contributed by atoms with Gasteiger partial charge < -0.3 is 48.2 Å². The van der Waals surface area contributed by atoms with Crippen molar-refractivity contribution in [3.63, 3.8) is 0 Å². The van der Waals surface area contributed by atoms with E-state index < -0.39 is 21.5 Å². The average molecular weight is 868 g/mol. The minimum atomic E-state index is -3.68. The Kier molecular flexibility index (Phi) is 21.4. The number of alkyl carbamates (subject to hydrolysis) is 1. The third kappa shape index (κ3) is 19.7. The number of carbonyl (C=O) groups excluding carboxylic acids is 2. The highest BCUT2D eigenvalue weighted by atomic mass is 32.2. The molecule has 4 aromatic rings. The van der Waals surface area contributed by atoms with Crippen molar-refractivity contribution in [3.05, 3.63) is 107 Å². The molecule has 0 atom stereocenters. The molecule has 0 aliphatic rings. The standard InChI is InChI=1S/C45H61N3O12S/c1-35-41(48-43(59-35)39-16-14-38(15-17-39)42(49)47-33-37-9-6-5-7-10-37)34-61(51,52)40-18-12-36(13-19-40)11-8-21-53-23-25-55-27-29-57-31-32-58-30-28-56-26-24-54-22-20-46-44(50)60-45(2,3)4/h5-7,9-10,12-19H,8,11,20-34H2,1-4H3,(H,46,50)(H,47,49). The summed E-state index contributed by atoms with van der Waals surface area (Å²) in [4.78, 5) is 28.8. The molecule has 61 heavy (non-hydrogen) atoms. The average Bonchev–Trinajstić information content (AvgIpc) is 3.60. The number of carbonyl (C=O) groups is 2. The fourth-order valence-electron chi connectivity index (χ4n) is 5.58. The van der Waals surface area contributed by atoms with Gasteiger partial charge in [0.05, 0.1) is 83.3 Å². The van der Waals surface area contributed by atoms with Crippen molar-refractivity contribution < 1.29 is 55.6 Å². The second-order valence-corrected chi connectivity index (χ2v) is 16.9. The van der Waals surface area contributed by atoms with E-state index in [4.69, 9.17) is 37.6 Å². The summed E-state index contributed by atoms with van der Waals surface area (Å²) in [7, 11) is -3.68. The van der Waals surface area contributed by atoms with Crippen LogP contribution in [-0.2, 0) is 61.7 Å². The van der Waals surface area contributed by atoms with E-state index in [1.54, 1.807) is 43.3 Å². The number of oxazole rings is 1. The van der Waals surface area contributed by atoms with Gasteiger partial charge in [-0.2, -0.15) is 0 Å². The second-order valence-electron chi connectivity index (χ2n) is 14.9. The first-order valence-electron chi connectivity index (χ1n) is 20.5. The highest BCUT2D eigenvalue weighted by Gasteiger charge is 2.21. The summed E-state index contributed by atoms with van der Waals surface area (Å²) in [6.07, 6.45) is 1.06. The van der Waals surface area contributed by atoms with Crippen LogP contribution in [0.4, 0.5) is 4.79 Å². The normalized spacial score (nSPS) is 11.7. The van der Waals surface area contributed by atoms with Crippen LogP contribution in [0.3, 0.4) is 0 Å². The molecule has 0 fully saturated rings. The minimum Gasteiger partial charge on any atom is -0.444 e. The van der Waals surface area contributed by atoms with Gasteiger partial charge in [0.1, 0.15) is 17.1 Å². The van der Waals surface area contributed by atoms with E-state index in [-0.39, 0.29) is 22.4 Å². The van der Waals surface area contributed by atoms with Crippen LogP contribution < -0.4 is 10.6 Å². The highest BCUT2D eigenvalue weighted by molar-refractivity contribution is 7.90. The Hall–Kier alpha value is -4.68. The van der Waals surface area contributed by atoms with E-state index >= 15 is 0 Å². The van der Waals surface area contributed by atoms with Crippen LogP contribution in [-0.4, -0.2) is 117 Å². The molecule has 0 saturated heterocycles. The number of nitrogens with one attached hydrogen (secondary N) is 2. The van der Waals surface area contributed by atoms with Crippen molar-refractivity contribution in [2.24, 2.45) is 0 Å². The summed E-state index contributed by atoms with van der Waals surface area (Å²) in [6, 6.07) is 23.4. The van der Waals surface area contributed by atoms with Gasteiger partial charge in [0, 0.05) is 30.8 Å². The number of aromatic nitrogens is 1. The Bertz CT molecular complexity index is 1970. The minimum absolute atomic E-state index is 0.200. The zero-order valence-corrected chi connectivity index (χ0v) is 36.6. The maximum Gasteiger partial charge on any atom is 0.407 e. The lowest BCUT2D eigenvalue weighted by molar-refractivity contribution is -0.0167. The first-order chi connectivity index (χ1) is 29.4. The first kappa shape index (κ1) is 49.0. The van der Waals surface area contributed by atoms with Crippen LogP contribution in [0, 0.1) is 6.92 Å². The Balaban J connectivity index is 0.978. The molecule has 2 N–H and O–H groups in total. The summed E-state index contributed by atoms with van der Waals surface area (Å²) >= 11 is 0. The van der Waals surface area contributed by atoms with Crippen LogP contribution in [0.1, 0.15) is 60.1 Å². The molecule has 334 valence electrons. The van der Waals surface area contributed by atoms with Gasteiger partial charge in [0.2, 0.25) is 5.89 Å². The Morgan fingerprint density at radius 1 is 0.656 bits per heavy atom. The molecule has 3 aromatic carbocycles. The molecular formula is C45H61N3O12S. The Morgan fingerprint density at radius 3 is 1.75 bits per heavy atom. The van der Waals surface area contributed by atoms with Crippen molar-refractivity contribution in [1.29, 1.82) is 0 Å². The van der Waals surface area contributed by atoms with E-state index in [0.717, 1.165) is 24.0 Å². The Labute approximate surface area is 359 Å². The van der Waals surface area contributed by atoms with E-state index in [2.05, 4.69) is 15.6 Å². The van der Waals surface area contributed by atoms with Crippen LogP contribution in [0.15, 0.2) is 88.2 Å². The number of rotatable bonds is 29. The number of hydrogen-bond acceptors (Lipinski definition) is 13. The quantitative estimate of drug-likeness (QED) is 0.0597. The molecule has 16 heteroatoms. The Morgan fingerprint density at radius 2 is 1.20 bits per heavy atom. The van der Waals surface area contributed by atoms with Crippen LogP contribution >= 0.6 is 0 Å². The lowest BCUT2D eigenvalue weighted by Gasteiger charge is -2.19. The smallest absolute Gasteiger partial charge is 0.407 e. The van der Waals surface area contributed by atoms with Gasteiger partial charge in [-0.15, -0.1) is 0 Å². The molecule has 0 spiro atoms. The third-order valence-corrected chi connectivity index (χ3v) is 10.4. The molecule has 4 rings (SSSR count). The molecule has 0 bridgehead atoms. The second kappa shape index (κ2) is 26.6. The zero-order chi connectivity index (χ0) is 43.8. The van der Waals surface area contributed by atoms with Crippen LogP contribution in [0.25, 0.3) is 11.5 Å². The SMILES string of the molecule is Cc1oc(-c2ccc(C(=O)NCc3ccccc3)cc2)nc1CS(=O)(=O)c1ccc(CCCOCCOCCOCCOCCOCCOCCNC(=O)OC(C)(C)C)cc1. The van der Waals surface area contributed by atoms with E-state index in [9.17, 15) is 18.0 Å². The van der Waals surface area contributed by atoms with E-state index in [0.29, 0.717) is 115 Å². The predicted molar refractivity (Wildman–Crippen MR) is 229 cm³/mol. The van der Waals surface area contributed by atoms with Gasteiger partial charge in [0.15, 0.2) is 9.84 Å². The summed E-state index contributed by atoms with van der Waals surface area (Å²) in [5.41, 5.74) is 2.96. The fourth-order valence-corrected chi connectivity index (χ4v) is 6.92. The molecule has 1 aromatic heterocycles. The number of amides is 2. The highest BCUT2D eigenvalue weighted by Crippen LogP contribution is 2.25. The number of aryl methyl sites for hydroxylation is 2. The van der Waals surface area contributed by atoms with E-state index in [1.165, 1.54) is 0 Å². The van der Waals surface area contributed by atoms with E-state index in [1.807, 2.05) is 63.2 Å². The van der Waals surface area contributed by atoms with Crippen molar-refractivity contribution >= 4 is 21.8 Å². The monoisotopic (exact) mass is 867 g/mol. The molecule has 2 amide bonds. The van der Waals surface area contributed by atoms with Gasteiger partial charge in [-0.25, -0.2) is 18.2 Å². The molecule has 0 unspecified atom stereocenters. The molecule has 15 nitrogen and oxygen atoms in total. The molecule has 0 saturated carbocycles. The molecule has 0 radical (unpaired) electrons. The largest absolute Gasteiger partial charge is 0.444 e. The van der Waals surface area contributed by atoms with Gasteiger partial charge in [-0.05, 0) is 88.1 Å². The summed E-state index contributed by atoms with van der Waals surface area (Å²) in [6.45, 7) is 13.4. The number of benzene rings is 3. The molecule has 0 aliphatic heterocycles. The molecular weight excluding hydrogens is 807 g/mol. The number of ether oxygens (including phenoxy) is 7. The maximum atomic E-state index is 13.3. The maximum absolute atomic E-state index is 13.3. The number of nitrogens with zero attached hydrogens (tertiary/aromatic N) is 1. The van der Waals surface area contributed by atoms with Gasteiger partial charge >= 0.3 is 6.09 Å². The number of sulfone groups is 1. The first-order valence-corrected chi connectivity index (χ1v) is 22.2. The predicted octanol–water partition coefficient (Wildman–Crippen LogP) is 6.11. The van der Waals surface area contributed by atoms with Crippen molar-refractivity contribution in [2.45, 2.75) is 63.3 Å². The molecule has 0 aliphatic carbocycles.